The monoisotopic (exact) mass is 488 g/mol. The fourth-order valence-electron chi connectivity index (χ4n) is 2.70. The van der Waals surface area contributed by atoms with E-state index >= 15 is 0 Å². The minimum Gasteiger partial charge on any atom is -0.493 e. The van der Waals surface area contributed by atoms with Crippen molar-refractivity contribution in [3.05, 3.63) is 54.1 Å². The number of rotatable bonds is 12. The third kappa shape index (κ3) is 7.95. The van der Waals surface area contributed by atoms with Gasteiger partial charge in [-0.15, -0.1) is 10.2 Å². The Morgan fingerprint density at radius 2 is 1.79 bits per heavy atom. The van der Waals surface area contributed by atoms with Gasteiger partial charge in [-0.2, -0.15) is 0 Å². The van der Waals surface area contributed by atoms with Crippen molar-refractivity contribution < 1.29 is 23.8 Å². The molecule has 11 heteroatoms. The summed E-state index contributed by atoms with van der Waals surface area (Å²) in [6.45, 7) is 0.363. The van der Waals surface area contributed by atoms with E-state index in [0.29, 0.717) is 39.7 Å². The van der Waals surface area contributed by atoms with E-state index in [1.54, 1.807) is 26.4 Å². The number of nitrogens with zero attached hydrogens (tertiary/aromatic N) is 2. The quantitative estimate of drug-likeness (QED) is 0.296. The van der Waals surface area contributed by atoms with E-state index in [0.717, 1.165) is 5.56 Å². The lowest BCUT2D eigenvalue weighted by atomic mass is 10.1. The molecule has 0 fully saturated rings. The number of hydrogen-bond donors (Lipinski definition) is 2. The Morgan fingerprint density at radius 1 is 1.00 bits per heavy atom. The molecule has 1 heterocycles. The van der Waals surface area contributed by atoms with Crippen LogP contribution in [0.15, 0.2) is 52.9 Å². The Bertz CT molecular complexity index is 1060. The molecule has 0 saturated carbocycles. The summed E-state index contributed by atoms with van der Waals surface area (Å²) in [5.74, 6) is 1.68. The molecule has 33 heavy (non-hydrogen) atoms. The highest BCUT2D eigenvalue weighted by Crippen LogP contribution is 2.28. The van der Waals surface area contributed by atoms with Gasteiger partial charge in [-0.3, -0.25) is 14.9 Å². The van der Waals surface area contributed by atoms with E-state index in [2.05, 4.69) is 20.8 Å². The van der Waals surface area contributed by atoms with E-state index in [9.17, 15) is 9.59 Å². The summed E-state index contributed by atoms with van der Waals surface area (Å²) < 4.78 is 16.5. The fourth-order valence-corrected chi connectivity index (χ4v) is 4.30. The zero-order valence-corrected chi connectivity index (χ0v) is 19.8. The second-order valence-corrected chi connectivity index (χ2v) is 8.80. The molecule has 0 atom stereocenters. The summed E-state index contributed by atoms with van der Waals surface area (Å²) in [7, 11) is 3.17. The number of benzene rings is 2. The van der Waals surface area contributed by atoms with Crippen molar-refractivity contribution in [2.45, 2.75) is 10.8 Å². The standard InChI is InChI=1S/C22H24N4O5S2/c1-29-17-9-8-15(12-18(17)30-2)10-11-23-20(28)14-32-22-26-25-21(33-22)24-19(27)13-31-16-6-4-3-5-7-16/h3-9,12H,10-11,13-14H2,1-2H3,(H,23,28)(H,24,25,27). The Morgan fingerprint density at radius 3 is 2.55 bits per heavy atom. The molecule has 0 radical (unpaired) electrons. The molecule has 0 bridgehead atoms. The minimum atomic E-state index is -0.334. The van der Waals surface area contributed by atoms with Crippen LogP contribution in [0.2, 0.25) is 0 Å². The summed E-state index contributed by atoms with van der Waals surface area (Å²) in [6, 6.07) is 14.7. The maximum atomic E-state index is 12.1. The van der Waals surface area contributed by atoms with Crippen molar-refractivity contribution in [3.63, 3.8) is 0 Å². The van der Waals surface area contributed by atoms with Crippen molar-refractivity contribution in [1.29, 1.82) is 0 Å². The maximum absolute atomic E-state index is 12.1. The van der Waals surface area contributed by atoms with Gasteiger partial charge < -0.3 is 19.5 Å². The number of ether oxygens (including phenoxy) is 3. The first kappa shape index (κ1) is 24.3. The number of aromatic nitrogens is 2. The second-order valence-electron chi connectivity index (χ2n) is 6.60. The molecule has 0 unspecified atom stereocenters. The van der Waals surface area contributed by atoms with E-state index in [4.69, 9.17) is 14.2 Å². The maximum Gasteiger partial charge on any atom is 0.264 e. The summed E-state index contributed by atoms with van der Waals surface area (Å²) in [5.41, 5.74) is 1.03. The molecular formula is C22H24N4O5S2. The Labute approximate surface area is 199 Å². The topological polar surface area (TPSA) is 112 Å². The molecule has 174 valence electrons. The highest BCUT2D eigenvalue weighted by Gasteiger charge is 2.11. The minimum absolute atomic E-state index is 0.113. The van der Waals surface area contributed by atoms with Crippen molar-refractivity contribution in [2.24, 2.45) is 0 Å². The van der Waals surface area contributed by atoms with E-state index < -0.39 is 0 Å². The Hall–Kier alpha value is -3.31. The smallest absolute Gasteiger partial charge is 0.264 e. The van der Waals surface area contributed by atoms with Crippen molar-refractivity contribution in [1.82, 2.24) is 15.5 Å². The number of methoxy groups -OCH3 is 2. The van der Waals surface area contributed by atoms with E-state index in [-0.39, 0.29) is 24.2 Å². The van der Waals surface area contributed by atoms with Crippen molar-refractivity contribution in [2.75, 3.05) is 38.4 Å². The van der Waals surface area contributed by atoms with Crippen molar-refractivity contribution >= 4 is 40.0 Å². The van der Waals surface area contributed by atoms with Crippen LogP contribution >= 0.6 is 23.1 Å². The molecule has 3 rings (SSSR count). The van der Waals surface area contributed by atoms with Gasteiger partial charge in [-0.05, 0) is 36.2 Å². The van der Waals surface area contributed by atoms with Crippen LogP contribution in [0.5, 0.6) is 17.2 Å². The summed E-state index contributed by atoms with van der Waals surface area (Å²) >= 11 is 2.46. The SMILES string of the molecule is COc1ccc(CCNC(=O)CSc2nnc(NC(=O)COc3ccccc3)s2)cc1OC. The van der Waals surface area contributed by atoms with Crippen molar-refractivity contribution in [3.8, 4) is 17.2 Å². The van der Waals surface area contributed by atoms with Gasteiger partial charge in [0.05, 0.1) is 20.0 Å². The number of thioether (sulfide) groups is 1. The molecule has 0 spiro atoms. The van der Waals surface area contributed by atoms with Gasteiger partial charge in [-0.25, -0.2) is 0 Å². The average molecular weight is 489 g/mol. The van der Waals surface area contributed by atoms with Gasteiger partial charge >= 0.3 is 0 Å². The molecule has 0 saturated heterocycles. The van der Waals surface area contributed by atoms with Gasteiger partial charge in [0.1, 0.15) is 5.75 Å². The van der Waals surface area contributed by atoms with Crippen LogP contribution in [0.3, 0.4) is 0 Å². The van der Waals surface area contributed by atoms with Crippen LogP contribution in [0.1, 0.15) is 5.56 Å². The lowest BCUT2D eigenvalue weighted by Gasteiger charge is -2.10. The summed E-state index contributed by atoms with van der Waals surface area (Å²) in [6.07, 6.45) is 0.663. The third-order valence-corrected chi connectivity index (χ3v) is 6.25. The predicted octanol–water partition coefficient (Wildman–Crippen LogP) is 3.02. The largest absolute Gasteiger partial charge is 0.493 e. The van der Waals surface area contributed by atoms with Crippen LogP contribution in [0.25, 0.3) is 0 Å². The number of para-hydroxylation sites is 1. The van der Waals surface area contributed by atoms with Crippen LogP contribution in [0.4, 0.5) is 5.13 Å². The second kappa shape index (κ2) is 12.7. The molecule has 2 amide bonds. The molecule has 9 nitrogen and oxygen atoms in total. The van der Waals surface area contributed by atoms with Crippen LogP contribution < -0.4 is 24.8 Å². The molecule has 2 aromatic carbocycles. The van der Waals surface area contributed by atoms with Gasteiger partial charge in [-0.1, -0.05) is 47.4 Å². The predicted molar refractivity (Wildman–Crippen MR) is 127 cm³/mol. The van der Waals surface area contributed by atoms with E-state index in [1.807, 2.05) is 36.4 Å². The fraction of sp³-hybridized carbons (Fsp3) is 0.273. The third-order valence-electron chi connectivity index (χ3n) is 4.28. The molecular weight excluding hydrogens is 464 g/mol. The van der Waals surface area contributed by atoms with Gasteiger partial charge in [0.15, 0.2) is 22.4 Å². The number of carbonyl (C=O) groups is 2. The van der Waals surface area contributed by atoms with Crippen LogP contribution in [-0.4, -0.2) is 55.1 Å². The molecule has 2 N–H and O–H groups in total. The first-order valence-electron chi connectivity index (χ1n) is 9.99. The Balaban J connectivity index is 1.35. The highest BCUT2D eigenvalue weighted by molar-refractivity contribution is 8.01. The average Bonchev–Trinajstić information content (AvgIpc) is 3.29. The lowest BCUT2D eigenvalue weighted by Crippen LogP contribution is -2.27. The summed E-state index contributed by atoms with van der Waals surface area (Å²) in [4.78, 5) is 24.1. The molecule has 0 aliphatic heterocycles. The summed E-state index contributed by atoms with van der Waals surface area (Å²) in [5, 5.41) is 13.8. The lowest BCUT2D eigenvalue weighted by molar-refractivity contribution is -0.119. The van der Waals surface area contributed by atoms with Crippen LogP contribution in [-0.2, 0) is 16.0 Å². The molecule has 0 aliphatic rings. The normalized spacial score (nSPS) is 10.4. The number of amides is 2. The number of carbonyl (C=O) groups excluding carboxylic acids is 2. The zero-order valence-electron chi connectivity index (χ0n) is 18.2. The number of nitrogens with one attached hydrogen (secondary N) is 2. The first-order chi connectivity index (χ1) is 16.1. The first-order valence-corrected chi connectivity index (χ1v) is 11.8. The number of anilines is 1. The van der Waals surface area contributed by atoms with Crippen LogP contribution in [0, 0.1) is 0 Å². The van der Waals surface area contributed by atoms with Gasteiger partial charge in [0.25, 0.3) is 5.91 Å². The van der Waals surface area contributed by atoms with Gasteiger partial charge in [0.2, 0.25) is 11.0 Å². The Kier molecular flexibility index (Phi) is 9.33. The zero-order chi connectivity index (χ0) is 23.5. The molecule has 1 aromatic heterocycles. The van der Waals surface area contributed by atoms with Gasteiger partial charge in [0, 0.05) is 6.54 Å². The highest BCUT2D eigenvalue weighted by atomic mass is 32.2. The molecule has 3 aromatic rings. The molecule has 0 aliphatic carbocycles. The number of hydrogen-bond acceptors (Lipinski definition) is 9. The van der Waals surface area contributed by atoms with E-state index in [1.165, 1.54) is 23.1 Å².